The van der Waals surface area contributed by atoms with E-state index in [2.05, 4.69) is 43.5 Å². The van der Waals surface area contributed by atoms with Crippen LogP contribution in [0.25, 0.3) is 0 Å². The van der Waals surface area contributed by atoms with Crippen LogP contribution in [0.4, 0.5) is 5.69 Å². The first-order valence-corrected chi connectivity index (χ1v) is 8.16. The van der Waals surface area contributed by atoms with Crippen LogP contribution in [0, 0.1) is 11.8 Å². The maximum atomic E-state index is 12.2. The first kappa shape index (κ1) is 16.0. The van der Waals surface area contributed by atoms with Gasteiger partial charge in [0.1, 0.15) is 0 Å². The largest absolute Gasteiger partial charge is 0.326 e. The smallest absolute Gasteiger partial charge is 0.224 e. The Kier molecular flexibility index (Phi) is 5.80. The first-order chi connectivity index (χ1) is 10.1. The molecule has 0 bridgehead atoms. The van der Waals surface area contributed by atoms with E-state index in [-0.39, 0.29) is 5.91 Å². The lowest BCUT2D eigenvalue weighted by Crippen LogP contribution is -2.32. The van der Waals surface area contributed by atoms with Gasteiger partial charge in [0.25, 0.3) is 0 Å². The number of hydrogen-bond donors (Lipinski definition) is 2. The van der Waals surface area contributed by atoms with Crippen LogP contribution in [0.15, 0.2) is 24.3 Å². The van der Waals surface area contributed by atoms with Crippen LogP contribution in [-0.2, 0) is 4.79 Å². The highest BCUT2D eigenvalue weighted by molar-refractivity contribution is 5.90. The van der Waals surface area contributed by atoms with E-state index in [0.717, 1.165) is 18.8 Å². The Morgan fingerprint density at radius 2 is 1.81 bits per heavy atom. The molecule has 1 aromatic rings. The second-order valence-electron chi connectivity index (χ2n) is 6.59. The van der Waals surface area contributed by atoms with Crippen molar-refractivity contribution in [3.05, 3.63) is 29.8 Å². The van der Waals surface area contributed by atoms with E-state index < -0.39 is 0 Å². The molecule has 0 aromatic heterocycles. The number of carbonyl (C=O) groups is 1. The molecule has 21 heavy (non-hydrogen) atoms. The molecule has 1 aliphatic rings. The van der Waals surface area contributed by atoms with E-state index >= 15 is 0 Å². The number of amides is 1. The Morgan fingerprint density at radius 1 is 1.19 bits per heavy atom. The van der Waals surface area contributed by atoms with Crippen LogP contribution < -0.4 is 10.6 Å². The van der Waals surface area contributed by atoms with Crippen molar-refractivity contribution in [2.45, 2.75) is 46.0 Å². The topological polar surface area (TPSA) is 41.1 Å². The summed E-state index contributed by atoms with van der Waals surface area (Å²) in [5.74, 6) is 1.80. The molecule has 2 N–H and O–H groups in total. The molecule has 1 amide bonds. The minimum atomic E-state index is 0.137. The van der Waals surface area contributed by atoms with Crippen molar-refractivity contribution in [3.63, 3.8) is 0 Å². The average Bonchev–Trinajstić information content (AvgIpc) is 2.48. The summed E-state index contributed by atoms with van der Waals surface area (Å²) in [6, 6.07) is 8.19. The van der Waals surface area contributed by atoms with Crippen LogP contribution in [0.2, 0.25) is 0 Å². The summed E-state index contributed by atoms with van der Waals surface area (Å²) in [5, 5.41) is 6.40. The Labute approximate surface area is 128 Å². The molecule has 1 atom stereocenters. The predicted molar refractivity (Wildman–Crippen MR) is 88.5 cm³/mol. The second kappa shape index (κ2) is 7.60. The van der Waals surface area contributed by atoms with E-state index in [1.165, 1.54) is 18.4 Å². The van der Waals surface area contributed by atoms with Crippen molar-refractivity contribution in [3.8, 4) is 0 Å². The van der Waals surface area contributed by atoms with Gasteiger partial charge in [0.15, 0.2) is 0 Å². The first-order valence-electron chi connectivity index (χ1n) is 8.16. The van der Waals surface area contributed by atoms with Gasteiger partial charge >= 0.3 is 0 Å². The number of anilines is 1. The molecule has 1 heterocycles. The lowest BCUT2D eigenvalue weighted by molar-refractivity contribution is -0.117. The highest BCUT2D eigenvalue weighted by Gasteiger charge is 2.21. The monoisotopic (exact) mass is 288 g/mol. The molecule has 0 radical (unpaired) electrons. The normalized spacial score (nSPS) is 17.7. The quantitative estimate of drug-likeness (QED) is 0.866. The van der Waals surface area contributed by atoms with Crippen LogP contribution in [-0.4, -0.2) is 19.0 Å². The minimum Gasteiger partial charge on any atom is -0.326 e. The summed E-state index contributed by atoms with van der Waals surface area (Å²) < 4.78 is 0. The fourth-order valence-corrected chi connectivity index (χ4v) is 3.04. The summed E-state index contributed by atoms with van der Waals surface area (Å²) >= 11 is 0. The molecule has 116 valence electrons. The zero-order valence-electron chi connectivity index (χ0n) is 13.5. The average molecular weight is 288 g/mol. The molecule has 2 rings (SSSR count). The molecule has 1 unspecified atom stereocenters. The minimum absolute atomic E-state index is 0.137. The van der Waals surface area contributed by atoms with Crippen LogP contribution >= 0.6 is 0 Å². The molecule has 1 aromatic carbocycles. The molecule has 1 aliphatic heterocycles. The van der Waals surface area contributed by atoms with Gasteiger partial charge in [-0.05, 0) is 61.4 Å². The highest BCUT2D eigenvalue weighted by atomic mass is 16.1. The standard InChI is InChI=1S/C18H28N2O/c1-13(2)15-4-6-17(7-5-15)20-18(21)12-14(3)16-8-10-19-11-9-16/h4-7,13-14,16,19H,8-12H2,1-3H3,(H,20,21). The van der Waals surface area contributed by atoms with E-state index in [1.54, 1.807) is 0 Å². The van der Waals surface area contributed by atoms with Crippen LogP contribution in [0.1, 0.15) is 51.5 Å². The summed E-state index contributed by atoms with van der Waals surface area (Å²) in [6.45, 7) is 8.74. The second-order valence-corrected chi connectivity index (χ2v) is 6.59. The highest BCUT2D eigenvalue weighted by Crippen LogP contribution is 2.25. The van der Waals surface area contributed by atoms with Gasteiger partial charge in [-0.2, -0.15) is 0 Å². The number of benzene rings is 1. The number of rotatable bonds is 5. The Bertz CT molecular complexity index is 447. The Balaban J connectivity index is 1.83. The SMILES string of the molecule is CC(C)c1ccc(NC(=O)CC(C)C2CCNCC2)cc1. The molecule has 3 nitrogen and oxygen atoms in total. The molecule has 0 saturated carbocycles. The maximum absolute atomic E-state index is 12.2. The van der Waals surface area contributed by atoms with Gasteiger partial charge in [-0.25, -0.2) is 0 Å². The van der Waals surface area contributed by atoms with E-state index in [1.807, 2.05) is 12.1 Å². The summed E-state index contributed by atoms with van der Waals surface area (Å²) in [5.41, 5.74) is 2.21. The number of piperidine rings is 1. The van der Waals surface area contributed by atoms with Gasteiger partial charge in [0, 0.05) is 12.1 Å². The Morgan fingerprint density at radius 3 is 2.38 bits per heavy atom. The van der Waals surface area contributed by atoms with Crippen molar-refractivity contribution in [2.75, 3.05) is 18.4 Å². The summed E-state index contributed by atoms with van der Waals surface area (Å²) in [4.78, 5) is 12.2. The van der Waals surface area contributed by atoms with Gasteiger partial charge in [-0.15, -0.1) is 0 Å². The van der Waals surface area contributed by atoms with Crippen molar-refractivity contribution < 1.29 is 4.79 Å². The van der Waals surface area contributed by atoms with Crippen molar-refractivity contribution in [1.82, 2.24) is 5.32 Å². The van der Waals surface area contributed by atoms with Crippen molar-refractivity contribution >= 4 is 11.6 Å². The fourth-order valence-electron chi connectivity index (χ4n) is 3.04. The third-order valence-electron chi connectivity index (χ3n) is 4.56. The van der Waals surface area contributed by atoms with Gasteiger partial charge < -0.3 is 10.6 Å². The van der Waals surface area contributed by atoms with Gasteiger partial charge in [0.2, 0.25) is 5.91 Å². The summed E-state index contributed by atoms with van der Waals surface area (Å²) in [7, 11) is 0. The van der Waals surface area contributed by atoms with E-state index in [0.29, 0.717) is 24.2 Å². The third-order valence-corrected chi connectivity index (χ3v) is 4.56. The van der Waals surface area contributed by atoms with Gasteiger partial charge in [-0.1, -0.05) is 32.9 Å². The molecule has 1 saturated heterocycles. The summed E-state index contributed by atoms with van der Waals surface area (Å²) in [6.07, 6.45) is 3.01. The van der Waals surface area contributed by atoms with E-state index in [9.17, 15) is 4.79 Å². The number of nitrogens with one attached hydrogen (secondary N) is 2. The molecule has 3 heteroatoms. The zero-order chi connectivity index (χ0) is 15.2. The predicted octanol–water partition coefficient (Wildman–Crippen LogP) is 3.77. The molecule has 1 fully saturated rings. The Hall–Kier alpha value is -1.35. The molecule has 0 spiro atoms. The van der Waals surface area contributed by atoms with Crippen LogP contribution in [0.5, 0.6) is 0 Å². The van der Waals surface area contributed by atoms with Gasteiger partial charge in [-0.3, -0.25) is 4.79 Å². The third kappa shape index (κ3) is 4.85. The molecule has 0 aliphatic carbocycles. The van der Waals surface area contributed by atoms with Crippen molar-refractivity contribution in [1.29, 1.82) is 0 Å². The lowest BCUT2D eigenvalue weighted by Gasteiger charge is -2.27. The molecular formula is C18H28N2O. The number of hydrogen-bond acceptors (Lipinski definition) is 2. The van der Waals surface area contributed by atoms with Crippen LogP contribution in [0.3, 0.4) is 0 Å². The van der Waals surface area contributed by atoms with Gasteiger partial charge in [0.05, 0.1) is 0 Å². The maximum Gasteiger partial charge on any atom is 0.224 e. The fraction of sp³-hybridized carbons (Fsp3) is 0.611. The lowest BCUT2D eigenvalue weighted by atomic mass is 9.84. The zero-order valence-corrected chi connectivity index (χ0v) is 13.5. The van der Waals surface area contributed by atoms with E-state index in [4.69, 9.17) is 0 Å². The number of carbonyl (C=O) groups excluding carboxylic acids is 1. The van der Waals surface area contributed by atoms with Crippen molar-refractivity contribution in [2.24, 2.45) is 11.8 Å². The molecular weight excluding hydrogens is 260 g/mol.